The second-order valence-corrected chi connectivity index (χ2v) is 5.77. The van der Waals surface area contributed by atoms with Gasteiger partial charge in [0.15, 0.2) is 0 Å². The van der Waals surface area contributed by atoms with Gasteiger partial charge in [-0.3, -0.25) is 0 Å². The lowest BCUT2D eigenvalue weighted by Crippen LogP contribution is -2.39. The molecule has 0 spiro atoms. The molecule has 1 N–H and O–H groups in total. The smallest absolute Gasteiger partial charge is 0.00792 e. The Morgan fingerprint density at radius 3 is 2.59 bits per heavy atom. The monoisotopic (exact) mass is 240 g/mol. The fourth-order valence-corrected chi connectivity index (χ4v) is 2.69. The van der Waals surface area contributed by atoms with Crippen molar-refractivity contribution in [3.05, 3.63) is 0 Å². The van der Waals surface area contributed by atoms with Crippen LogP contribution in [0.2, 0.25) is 0 Å². The Kier molecular flexibility index (Phi) is 7.87. The van der Waals surface area contributed by atoms with Crippen LogP contribution in [0.3, 0.4) is 0 Å². The second-order valence-electron chi connectivity index (χ2n) is 5.77. The number of hydrogen-bond donors (Lipinski definition) is 1. The number of nitrogens with one attached hydrogen (secondary N) is 1. The van der Waals surface area contributed by atoms with E-state index in [0.717, 1.165) is 6.04 Å². The van der Waals surface area contributed by atoms with E-state index >= 15 is 0 Å². The fourth-order valence-electron chi connectivity index (χ4n) is 2.69. The molecule has 1 unspecified atom stereocenters. The first-order chi connectivity index (χ1) is 8.24. The van der Waals surface area contributed by atoms with Crippen molar-refractivity contribution < 1.29 is 0 Å². The molecule has 0 saturated carbocycles. The van der Waals surface area contributed by atoms with Crippen molar-refractivity contribution in [3.63, 3.8) is 0 Å². The van der Waals surface area contributed by atoms with Crippen molar-refractivity contribution in [2.24, 2.45) is 0 Å². The molecule has 1 fully saturated rings. The van der Waals surface area contributed by atoms with Gasteiger partial charge in [-0.25, -0.2) is 0 Å². The molecular formula is C15H32N2. The van der Waals surface area contributed by atoms with Crippen molar-refractivity contribution in [2.45, 2.75) is 77.8 Å². The average molecular weight is 240 g/mol. The minimum atomic E-state index is 0.704. The zero-order chi connectivity index (χ0) is 12.5. The van der Waals surface area contributed by atoms with Crippen LogP contribution in [0, 0.1) is 0 Å². The molecule has 1 saturated heterocycles. The Hall–Kier alpha value is -0.0800. The third-order valence-electron chi connectivity index (χ3n) is 3.96. The van der Waals surface area contributed by atoms with E-state index in [9.17, 15) is 0 Å². The highest BCUT2D eigenvalue weighted by Crippen LogP contribution is 2.12. The molecule has 0 aliphatic carbocycles. The highest BCUT2D eigenvalue weighted by Gasteiger charge is 2.15. The predicted octanol–water partition coefficient (Wildman–Crippen LogP) is 3.42. The van der Waals surface area contributed by atoms with E-state index in [-0.39, 0.29) is 0 Å². The van der Waals surface area contributed by atoms with Gasteiger partial charge in [-0.1, -0.05) is 26.2 Å². The lowest BCUT2D eigenvalue weighted by molar-refractivity contribution is 0.200. The van der Waals surface area contributed by atoms with Gasteiger partial charge in [-0.05, 0) is 59.2 Å². The van der Waals surface area contributed by atoms with E-state index < -0.39 is 0 Å². The third-order valence-corrected chi connectivity index (χ3v) is 3.96. The molecule has 0 amide bonds. The van der Waals surface area contributed by atoms with Crippen LogP contribution in [0.1, 0.15) is 65.7 Å². The summed E-state index contributed by atoms with van der Waals surface area (Å²) in [4.78, 5) is 2.66. The van der Waals surface area contributed by atoms with E-state index in [2.05, 4.69) is 31.0 Å². The van der Waals surface area contributed by atoms with Crippen molar-refractivity contribution in [1.82, 2.24) is 10.2 Å². The number of hydrogen-bond acceptors (Lipinski definition) is 2. The quantitative estimate of drug-likeness (QED) is 0.654. The summed E-state index contributed by atoms with van der Waals surface area (Å²) in [7, 11) is 0. The highest BCUT2D eigenvalue weighted by atomic mass is 15.1. The summed E-state index contributed by atoms with van der Waals surface area (Å²) in [6, 6.07) is 1.49. The SMILES string of the molecule is CCCCCN(CCC1CCCCN1)C(C)C. The highest BCUT2D eigenvalue weighted by molar-refractivity contribution is 4.74. The van der Waals surface area contributed by atoms with Gasteiger partial charge in [0.2, 0.25) is 0 Å². The second kappa shape index (κ2) is 8.93. The standard InChI is InChI=1S/C15H32N2/c1-4-5-8-12-17(14(2)3)13-10-15-9-6-7-11-16-15/h14-16H,4-13H2,1-3H3. The van der Waals surface area contributed by atoms with Gasteiger partial charge in [0.1, 0.15) is 0 Å². The van der Waals surface area contributed by atoms with E-state index in [0.29, 0.717) is 6.04 Å². The molecular weight excluding hydrogens is 208 g/mol. The van der Waals surface area contributed by atoms with E-state index in [1.165, 1.54) is 64.6 Å². The van der Waals surface area contributed by atoms with Crippen LogP contribution in [-0.2, 0) is 0 Å². The Balaban J connectivity index is 2.18. The molecule has 0 bridgehead atoms. The summed E-state index contributed by atoms with van der Waals surface area (Å²) in [5.74, 6) is 0. The molecule has 1 heterocycles. The number of piperidine rings is 1. The van der Waals surface area contributed by atoms with Crippen molar-refractivity contribution in [3.8, 4) is 0 Å². The predicted molar refractivity (Wildman–Crippen MR) is 76.5 cm³/mol. The zero-order valence-corrected chi connectivity index (χ0v) is 12.2. The van der Waals surface area contributed by atoms with Crippen LogP contribution in [0.25, 0.3) is 0 Å². The maximum atomic E-state index is 3.65. The van der Waals surface area contributed by atoms with Gasteiger partial charge in [0.25, 0.3) is 0 Å². The Morgan fingerprint density at radius 1 is 1.18 bits per heavy atom. The van der Waals surface area contributed by atoms with E-state index in [1.807, 2.05) is 0 Å². The summed E-state index contributed by atoms with van der Waals surface area (Å²) >= 11 is 0. The van der Waals surface area contributed by atoms with Gasteiger partial charge in [-0.15, -0.1) is 0 Å². The van der Waals surface area contributed by atoms with Gasteiger partial charge >= 0.3 is 0 Å². The first kappa shape index (κ1) is 15.0. The lowest BCUT2D eigenvalue weighted by atomic mass is 10.0. The summed E-state index contributed by atoms with van der Waals surface area (Å²) in [5.41, 5.74) is 0. The zero-order valence-electron chi connectivity index (χ0n) is 12.2. The first-order valence-electron chi connectivity index (χ1n) is 7.71. The van der Waals surface area contributed by atoms with Crippen LogP contribution >= 0.6 is 0 Å². The molecule has 1 aliphatic rings. The number of unbranched alkanes of at least 4 members (excludes halogenated alkanes) is 2. The number of rotatable bonds is 8. The van der Waals surface area contributed by atoms with Crippen molar-refractivity contribution in [1.29, 1.82) is 0 Å². The molecule has 0 aromatic carbocycles. The van der Waals surface area contributed by atoms with E-state index in [1.54, 1.807) is 0 Å². The fraction of sp³-hybridized carbons (Fsp3) is 1.00. The normalized spacial score (nSPS) is 21.4. The average Bonchev–Trinajstić information content (AvgIpc) is 2.34. The minimum absolute atomic E-state index is 0.704. The Bertz CT molecular complexity index is 174. The molecule has 102 valence electrons. The Labute approximate surface area is 108 Å². The maximum absolute atomic E-state index is 3.65. The van der Waals surface area contributed by atoms with Crippen LogP contribution < -0.4 is 5.32 Å². The molecule has 2 heteroatoms. The van der Waals surface area contributed by atoms with Gasteiger partial charge in [0, 0.05) is 12.1 Å². The lowest BCUT2D eigenvalue weighted by Gasteiger charge is -2.30. The molecule has 2 nitrogen and oxygen atoms in total. The van der Waals surface area contributed by atoms with Crippen LogP contribution in [0.5, 0.6) is 0 Å². The maximum Gasteiger partial charge on any atom is 0.00792 e. The summed E-state index contributed by atoms with van der Waals surface area (Å²) in [6.07, 6.45) is 9.61. The Morgan fingerprint density at radius 2 is 2.00 bits per heavy atom. The molecule has 1 atom stereocenters. The molecule has 1 rings (SSSR count). The topological polar surface area (TPSA) is 15.3 Å². The van der Waals surface area contributed by atoms with Crippen LogP contribution in [0.4, 0.5) is 0 Å². The first-order valence-corrected chi connectivity index (χ1v) is 7.71. The van der Waals surface area contributed by atoms with Crippen molar-refractivity contribution in [2.75, 3.05) is 19.6 Å². The van der Waals surface area contributed by atoms with Gasteiger partial charge < -0.3 is 10.2 Å². The van der Waals surface area contributed by atoms with Gasteiger partial charge in [0.05, 0.1) is 0 Å². The number of nitrogens with zero attached hydrogens (tertiary/aromatic N) is 1. The third kappa shape index (κ3) is 6.42. The van der Waals surface area contributed by atoms with Crippen LogP contribution in [-0.4, -0.2) is 36.6 Å². The summed E-state index contributed by atoms with van der Waals surface area (Å²) in [6.45, 7) is 10.8. The summed E-state index contributed by atoms with van der Waals surface area (Å²) in [5, 5.41) is 3.65. The van der Waals surface area contributed by atoms with Crippen molar-refractivity contribution >= 4 is 0 Å². The molecule has 0 aromatic rings. The van der Waals surface area contributed by atoms with Crippen LogP contribution in [0.15, 0.2) is 0 Å². The summed E-state index contributed by atoms with van der Waals surface area (Å²) < 4.78 is 0. The van der Waals surface area contributed by atoms with E-state index in [4.69, 9.17) is 0 Å². The molecule has 1 aliphatic heterocycles. The minimum Gasteiger partial charge on any atom is -0.314 e. The largest absolute Gasteiger partial charge is 0.314 e. The molecule has 17 heavy (non-hydrogen) atoms. The molecule has 0 radical (unpaired) electrons. The molecule has 0 aromatic heterocycles. The van der Waals surface area contributed by atoms with Gasteiger partial charge in [-0.2, -0.15) is 0 Å².